The predicted octanol–water partition coefficient (Wildman–Crippen LogP) is 1.15. The molecule has 1 N–H and O–H groups in total. The van der Waals surface area contributed by atoms with Gasteiger partial charge in [0.1, 0.15) is 0 Å². The normalized spacial score (nSPS) is 26.2. The Balaban J connectivity index is 1.96. The Bertz CT molecular complexity index is 357. The number of ether oxygens (including phenoxy) is 1. The van der Waals surface area contributed by atoms with Crippen LogP contribution in [-0.2, 0) is 9.53 Å². The molecular weight excluding hydrogens is 248 g/mol. The van der Waals surface area contributed by atoms with E-state index in [1.165, 1.54) is 0 Å². The summed E-state index contributed by atoms with van der Waals surface area (Å²) >= 11 is 0. The Morgan fingerprint density at radius 1 is 1.32 bits per heavy atom. The van der Waals surface area contributed by atoms with E-state index in [-0.39, 0.29) is 30.6 Å². The highest BCUT2D eigenvalue weighted by Gasteiger charge is 2.38. The third-order valence-electron chi connectivity index (χ3n) is 3.94. The quantitative estimate of drug-likeness (QED) is 0.813. The van der Waals surface area contributed by atoms with Crippen molar-refractivity contribution in [3.05, 3.63) is 0 Å². The molecule has 1 saturated heterocycles. The first-order chi connectivity index (χ1) is 9.00. The number of hydrogen-bond donors (Lipinski definition) is 1. The van der Waals surface area contributed by atoms with Crippen molar-refractivity contribution in [3.63, 3.8) is 0 Å². The molecule has 2 amide bonds. The van der Waals surface area contributed by atoms with E-state index in [0.717, 1.165) is 19.3 Å². The Morgan fingerprint density at radius 2 is 2.00 bits per heavy atom. The Hall–Kier alpha value is -1.30. The number of amides is 2. The van der Waals surface area contributed by atoms with Gasteiger partial charge in [-0.3, -0.25) is 4.79 Å². The van der Waals surface area contributed by atoms with E-state index in [2.05, 4.69) is 0 Å². The van der Waals surface area contributed by atoms with Crippen LogP contribution in [0.3, 0.4) is 0 Å². The number of urea groups is 1. The van der Waals surface area contributed by atoms with E-state index < -0.39 is 5.97 Å². The second-order valence-corrected chi connectivity index (χ2v) is 5.39. The number of carboxylic acid groups (broad SMARTS) is 1. The first kappa shape index (κ1) is 14.1. The monoisotopic (exact) mass is 270 g/mol. The lowest BCUT2D eigenvalue weighted by molar-refractivity contribution is -0.137. The topological polar surface area (TPSA) is 70.1 Å². The molecule has 2 fully saturated rings. The summed E-state index contributed by atoms with van der Waals surface area (Å²) in [6.45, 7) is 2.95. The molecule has 19 heavy (non-hydrogen) atoms. The summed E-state index contributed by atoms with van der Waals surface area (Å²) in [5.74, 6) is -0.862. The number of nitrogens with zero attached hydrogens (tertiary/aromatic N) is 2. The minimum absolute atomic E-state index is 0.00675. The maximum atomic E-state index is 12.5. The Kier molecular flexibility index (Phi) is 4.29. The fraction of sp³-hybridized carbons (Fsp3) is 0.846. The minimum Gasteiger partial charge on any atom is -0.481 e. The molecule has 1 heterocycles. The van der Waals surface area contributed by atoms with Gasteiger partial charge in [0.2, 0.25) is 0 Å². The maximum absolute atomic E-state index is 12.5. The molecule has 2 unspecified atom stereocenters. The molecule has 1 aliphatic heterocycles. The highest BCUT2D eigenvalue weighted by atomic mass is 16.5. The van der Waals surface area contributed by atoms with Crippen LogP contribution < -0.4 is 0 Å². The Labute approximate surface area is 113 Å². The van der Waals surface area contributed by atoms with Crippen LogP contribution in [0, 0.1) is 0 Å². The molecule has 0 aromatic heterocycles. The minimum atomic E-state index is -0.862. The SMILES string of the molecule is CC1OCCC1N(C)C(=O)N(CCC(=O)O)C1CC1. The molecule has 1 aliphatic carbocycles. The number of aliphatic carboxylic acids is 1. The Morgan fingerprint density at radius 3 is 2.47 bits per heavy atom. The van der Waals surface area contributed by atoms with Crippen molar-refractivity contribution in [2.45, 2.75) is 50.8 Å². The van der Waals surface area contributed by atoms with Gasteiger partial charge in [0.05, 0.1) is 18.6 Å². The highest BCUT2D eigenvalue weighted by Crippen LogP contribution is 2.29. The van der Waals surface area contributed by atoms with Gasteiger partial charge < -0.3 is 19.6 Å². The molecule has 6 heteroatoms. The van der Waals surface area contributed by atoms with Crippen molar-refractivity contribution in [2.24, 2.45) is 0 Å². The first-order valence-corrected chi connectivity index (χ1v) is 6.87. The number of carboxylic acids is 1. The van der Waals surface area contributed by atoms with Gasteiger partial charge in [0.25, 0.3) is 0 Å². The van der Waals surface area contributed by atoms with Crippen molar-refractivity contribution >= 4 is 12.0 Å². The van der Waals surface area contributed by atoms with Crippen LogP contribution in [0.1, 0.15) is 32.6 Å². The van der Waals surface area contributed by atoms with Crippen LogP contribution in [0.2, 0.25) is 0 Å². The number of rotatable bonds is 5. The molecule has 0 aromatic rings. The van der Waals surface area contributed by atoms with Gasteiger partial charge >= 0.3 is 12.0 Å². The average Bonchev–Trinajstić information content (AvgIpc) is 3.10. The molecule has 0 bridgehead atoms. The van der Waals surface area contributed by atoms with Gasteiger partial charge in [-0.05, 0) is 26.2 Å². The summed E-state index contributed by atoms with van der Waals surface area (Å²) < 4.78 is 5.48. The smallest absolute Gasteiger partial charge is 0.320 e. The summed E-state index contributed by atoms with van der Waals surface area (Å²) in [6, 6.07) is 0.261. The van der Waals surface area contributed by atoms with Crippen LogP contribution in [0.15, 0.2) is 0 Å². The van der Waals surface area contributed by atoms with Gasteiger partial charge in [0, 0.05) is 26.2 Å². The molecule has 0 radical (unpaired) electrons. The van der Waals surface area contributed by atoms with Crippen LogP contribution in [0.4, 0.5) is 4.79 Å². The van der Waals surface area contributed by atoms with E-state index in [0.29, 0.717) is 13.2 Å². The van der Waals surface area contributed by atoms with Gasteiger partial charge in [-0.25, -0.2) is 4.79 Å². The molecule has 6 nitrogen and oxygen atoms in total. The molecule has 0 spiro atoms. The predicted molar refractivity (Wildman–Crippen MR) is 69.0 cm³/mol. The zero-order chi connectivity index (χ0) is 14.0. The summed E-state index contributed by atoms with van der Waals surface area (Å²) in [5.41, 5.74) is 0. The molecule has 108 valence electrons. The van der Waals surface area contributed by atoms with E-state index in [1.54, 1.807) is 16.8 Å². The molecule has 2 atom stereocenters. The number of carbonyl (C=O) groups excluding carboxylic acids is 1. The summed E-state index contributed by atoms with van der Waals surface area (Å²) in [6.07, 6.45) is 2.87. The second-order valence-electron chi connectivity index (χ2n) is 5.39. The van der Waals surface area contributed by atoms with Crippen LogP contribution in [0.25, 0.3) is 0 Å². The van der Waals surface area contributed by atoms with Gasteiger partial charge in [-0.1, -0.05) is 0 Å². The summed E-state index contributed by atoms with van der Waals surface area (Å²) in [7, 11) is 1.79. The largest absolute Gasteiger partial charge is 0.481 e. The van der Waals surface area contributed by atoms with Crippen molar-refractivity contribution in [1.82, 2.24) is 9.80 Å². The molecule has 0 aromatic carbocycles. The van der Waals surface area contributed by atoms with Gasteiger partial charge in [0.15, 0.2) is 0 Å². The standard InChI is InChI=1S/C13H22N2O4/c1-9-11(6-8-19-9)14(2)13(18)15(10-3-4-10)7-5-12(16)17/h9-11H,3-8H2,1-2H3,(H,16,17). The third-order valence-corrected chi connectivity index (χ3v) is 3.94. The molecule has 2 rings (SSSR count). The molecular formula is C13H22N2O4. The number of likely N-dealkylation sites (N-methyl/N-ethyl adjacent to an activating group) is 1. The molecule has 2 aliphatic rings. The maximum Gasteiger partial charge on any atom is 0.320 e. The van der Waals surface area contributed by atoms with Crippen LogP contribution in [0.5, 0.6) is 0 Å². The van der Waals surface area contributed by atoms with Crippen molar-refractivity contribution in [1.29, 1.82) is 0 Å². The molecule has 1 saturated carbocycles. The van der Waals surface area contributed by atoms with E-state index >= 15 is 0 Å². The average molecular weight is 270 g/mol. The second kappa shape index (κ2) is 5.77. The fourth-order valence-corrected chi connectivity index (χ4v) is 2.61. The zero-order valence-corrected chi connectivity index (χ0v) is 11.5. The van der Waals surface area contributed by atoms with Crippen molar-refractivity contribution < 1.29 is 19.4 Å². The van der Waals surface area contributed by atoms with Gasteiger partial charge in [-0.2, -0.15) is 0 Å². The lowest BCUT2D eigenvalue weighted by Crippen LogP contribution is -2.49. The van der Waals surface area contributed by atoms with Gasteiger partial charge in [-0.15, -0.1) is 0 Å². The van der Waals surface area contributed by atoms with E-state index in [9.17, 15) is 9.59 Å². The van der Waals surface area contributed by atoms with E-state index in [4.69, 9.17) is 9.84 Å². The summed E-state index contributed by atoms with van der Waals surface area (Å²) in [4.78, 5) is 26.6. The lowest BCUT2D eigenvalue weighted by atomic mass is 10.1. The van der Waals surface area contributed by atoms with Crippen LogP contribution in [-0.4, -0.2) is 65.3 Å². The first-order valence-electron chi connectivity index (χ1n) is 6.87. The lowest BCUT2D eigenvalue weighted by Gasteiger charge is -2.32. The number of carbonyl (C=O) groups is 2. The van der Waals surface area contributed by atoms with Crippen molar-refractivity contribution in [2.75, 3.05) is 20.2 Å². The van der Waals surface area contributed by atoms with E-state index in [1.807, 2.05) is 6.92 Å². The highest BCUT2D eigenvalue weighted by molar-refractivity contribution is 5.76. The number of hydrogen-bond acceptors (Lipinski definition) is 3. The fourth-order valence-electron chi connectivity index (χ4n) is 2.61. The zero-order valence-electron chi connectivity index (χ0n) is 11.5. The van der Waals surface area contributed by atoms with Crippen LogP contribution >= 0.6 is 0 Å². The summed E-state index contributed by atoms with van der Waals surface area (Å²) in [5, 5.41) is 8.77. The third kappa shape index (κ3) is 3.37. The van der Waals surface area contributed by atoms with Crippen molar-refractivity contribution in [3.8, 4) is 0 Å².